The summed E-state index contributed by atoms with van der Waals surface area (Å²) in [6, 6.07) is 26.5. The molecule has 0 aliphatic carbocycles. The zero-order valence-electron chi connectivity index (χ0n) is 11.0. The van der Waals surface area contributed by atoms with Crippen LogP contribution in [0.3, 0.4) is 0 Å². The molecule has 0 aliphatic rings. The molecule has 0 saturated carbocycles. The van der Waals surface area contributed by atoms with Gasteiger partial charge >= 0.3 is 0 Å². The van der Waals surface area contributed by atoms with Crippen molar-refractivity contribution in [3.63, 3.8) is 0 Å². The topological polar surface area (TPSA) is 23.8 Å². The molecule has 0 spiro atoms. The van der Waals surface area contributed by atoms with Gasteiger partial charge in [0.2, 0.25) is 0 Å². The molecule has 0 aliphatic heterocycles. The molecule has 94 valence electrons. The van der Waals surface area contributed by atoms with Crippen LogP contribution >= 0.6 is 0 Å². The second kappa shape index (κ2) is 5.42. The Kier molecular flexibility index (Phi) is 3.31. The summed E-state index contributed by atoms with van der Waals surface area (Å²) in [4.78, 5) is 0. The van der Waals surface area contributed by atoms with E-state index in [2.05, 4.69) is 30.3 Å². The third kappa shape index (κ3) is 2.46. The van der Waals surface area contributed by atoms with Gasteiger partial charge in [-0.1, -0.05) is 66.7 Å². The molecule has 1 heteroatoms. The summed E-state index contributed by atoms with van der Waals surface area (Å²) in [6.45, 7) is 0. The summed E-state index contributed by atoms with van der Waals surface area (Å²) < 4.78 is 0. The van der Waals surface area contributed by atoms with Crippen molar-refractivity contribution in [1.29, 1.82) is 5.26 Å². The van der Waals surface area contributed by atoms with Crippen molar-refractivity contribution < 1.29 is 0 Å². The van der Waals surface area contributed by atoms with E-state index in [1.54, 1.807) is 0 Å². The summed E-state index contributed by atoms with van der Waals surface area (Å²) in [5.74, 6) is 0. The number of nitriles is 1. The first-order valence-corrected chi connectivity index (χ1v) is 6.53. The van der Waals surface area contributed by atoms with Gasteiger partial charge in [-0.15, -0.1) is 0 Å². The normalized spacial score (nSPS) is 11.2. The van der Waals surface area contributed by atoms with Crippen LogP contribution in [0.2, 0.25) is 0 Å². The van der Waals surface area contributed by atoms with Crippen molar-refractivity contribution in [2.75, 3.05) is 0 Å². The van der Waals surface area contributed by atoms with E-state index in [1.165, 1.54) is 10.8 Å². The fourth-order valence-corrected chi connectivity index (χ4v) is 2.26. The molecule has 0 fully saturated rings. The Labute approximate surface area is 118 Å². The fraction of sp³-hybridized carbons (Fsp3) is 0. The predicted octanol–water partition coefficient (Wildman–Crippen LogP) is 4.90. The van der Waals surface area contributed by atoms with Crippen LogP contribution in [-0.2, 0) is 0 Å². The van der Waals surface area contributed by atoms with Gasteiger partial charge in [-0.05, 0) is 34.0 Å². The van der Waals surface area contributed by atoms with Crippen LogP contribution in [0.5, 0.6) is 0 Å². The van der Waals surface area contributed by atoms with Crippen LogP contribution in [-0.4, -0.2) is 0 Å². The Morgan fingerprint density at radius 1 is 0.800 bits per heavy atom. The highest BCUT2D eigenvalue weighted by Gasteiger charge is 2.00. The van der Waals surface area contributed by atoms with Crippen molar-refractivity contribution in [3.05, 3.63) is 83.9 Å². The average Bonchev–Trinajstić information content (AvgIpc) is 2.53. The van der Waals surface area contributed by atoms with Gasteiger partial charge in [0.05, 0.1) is 11.6 Å². The number of allylic oxidation sites excluding steroid dienone is 1. The molecule has 0 atom stereocenters. The van der Waals surface area contributed by atoms with Crippen molar-refractivity contribution in [2.45, 2.75) is 0 Å². The van der Waals surface area contributed by atoms with E-state index in [-0.39, 0.29) is 0 Å². The second-order valence-electron chi connectivity index (χ2n) is 4.64. The fourth-order valence-electron chi connectivity index (χ4n) is 2.26. The number of fused-ring (bicyclic) bond motifs is 1. The summed E-state index contributed by atoms with van der Waals surface area (Å²) in [5, 5.41) is 11.7. The Hall–Kier alpha value is -2.85. The van der Waals surface area contributed by atoms with Crippen molar-refractivity contribution >= 4 is 22.4 Å². The Morgan fingerprint density at radius 2 is 1.50 bits per heavy atom. The van der Waals surface area contributed by atoms with Gasteiger partial charge in [0.25, 0.3) is 0 Å². The monoisotopic (exact) mass is 255 g/mol. The van der Waals surface area contributed by atoms with Crippen LogP contribution in [0, 0.1) is 11.3 Å². The van der Waals surface area contributed by atoms with Gasteiger partial charge < -0.3 is 0 Å². The summed E-state index contributed by atoms with van der Waals surface area (Å²) in [5.41, 5.74) is 2.67. The molecule has 0 aromatic heterocycles. The van der Waals surface area contributed by atoms with Gasteiger partial charge in [0.15, 0.2) is 0 Å². The maximum atomic E-state index is 9.34. The molecule has 0 amide bonds. The molecule has 0 unspecified atom stereocenters. The Balaban J connectivity index is 2.06. The smallest absolute Gasteiger partial charge is 0.0998 e. The van der Waals surface area contributed by atoms with E-state index in [4.69, 9.17) is 0 Å². The Morgan fingerprint density at radius 3 is 2.25 bits per heavy atom. The van der Waals surface area contributed by atoms with E-state index >= 15 is 0 Å². The highest BCUT2D eigenvalue weighted by Crippen LogP contribution is 2.21. The van der Waals surface area contributed by atoms with Gasteiger partial charge in [-0.2, -0.15) is 5.26 Å². The Bertz CT molecular complexity index is 808. The van der Waals surface area contributed by atoms with E-state index in [9.17, 15) is 5.26 Å². The third-order valence-electron chi connectivity index (χ3n) is 3.29. The second-order valence-corrected chi connectivity index (χ2v) is 4.64. The van der Waals surface area contributed by atoms with Gasteiger partial charge in [-0.25, -0.2) is 0 Å². The maximum absolute atomic E-state index is 9.34. The number of hydrogen-bond donors (Lipinski definition) is 0. The van der Waals surface area contributed by atoms with Crippen molar-refractivity contribution in [3.8, 4) is 6.07 Å². The average molecular weight is 255 g/mol. The van der Waals surface area contributed by atoms with E-state index in [0.29, 0.717) is 5.57 Å². The van der Waals surface area contributed by atoms with Gasteiger partial charge in [-0.3, -0.25) is 0 Å². The third-order valence-corrected chi connectivity index (χ3v) is 3.29. The first-order chi connectivity index (χ1) is 9.86. The van der Waals surface area contributed by atoms with Crippen LogP contribution in [0.25, 0.3) is 22.4 Å². The van der Waals surface area contributed by atoms with Crippen LogP contribution < -0.4 is 0 Å². The SMILES string of the molecule is N#CC(=Cc1ccc2ccccc2c1)c1ccccc1. The van der Waals surface area contributed by atoms with Crippen molar-refractivity contribution in [1.82, 2.24) is 0 Å². The van der Waals surface area contributed by atoms with Crippen LogP contribution in [0.15, 0.2) is 72.8 Å². The molecule has 3 aromatic carbocycles. The summed E-state index contributed by atoms with van der Waals surface area (Å²) in [6.07, 6.45) is 1.93. The van der Waals surface area contributed by atoms with Gasteiger partial charge in [0.1, 0.15) is 0 Å². The number of hydrogen-bond acceptors (Lipinski definition) is 1. The molecule has 0 heterocycles. The molecule has 0 N–H and O–H groups in total. The number of rotatable bonds is 2. The van der Waals surface area contributed by atoms with Gasteiger partial charge in [0, 0.05) is 0 Å². The minimum absolute atomic E-state index is 0.681. The quantitative estimate of drug-likeness (QED) is 0.471. The van der Waals surface area contributed by atoms with E-state index in [0.717, 1.165) is 11.1 Å². The first-order valence-electron chi connectivity index (χ1n) is 6.53. The molecule has 0 radical (unpaired) electrons. The number of benzene rings is 3. The zero-order valence-corrected chi connectivity index (χ0v) is 11.0. The van der Waals surface area contributed by atoms with E-state index in [1.807, 2.05) is 54.6 Å². The minimum Gasteiger partial charge on any atom is -0.192 e. The highest BCUT2D eigenvalue weighted by atomic mass is 14.2. The predicted molar refractivity (Wildman–Crippen MR) is 83.9 cm³/mol. The lowest BCUT2D eigenvalue weighted by atomic mass is 10.0. The molecular weight excluding hydrogens is 242 g/mol. The molecule has 0 bridgehead atoms. The lowest BCUT2D eigenvalue weighted by molar-refractivity contribution is 1.52. The molecular formula is C19H13N. The zero-order chi connectivity index (χ0) is 13.8. The first kappa shape index (κ1) is 12.2. The van der Waals surface area contributed by atoms with Crippen molar-refractivity contribution in [2.24, 2.45) is 0 Å². The largest absolute Gasteiger partial charge is 0.192 e. The molecule has 1 nitrogen and oxygen atoms in total. The molecule has 0 saturated heterocycles. The maximum Gasteiger partial charge on any atom is 0.0998 e. The van der Waals surface area contributed by atoms with E-state index < -0.39 is 0 Å². The highest BCUT2D eigenvalue weighted by molar-refractivity contribution is 5.92. The molecule has 3 aromatic rings. The molecule has 20 heavy (non-hydrogen) atoms. The number of nitrogens with zero attached hydrogens (tertiary/aromatic N) is 1. The van der Waals surface area contributed by atoms with Crippen LogP contribution in [0.1, 0.15) is 11.1 Å². The minimum atomic E-state index is 0.681. The van der Waals surface area contributed by atoms with Crippen LogP contribution in [0.4, 0.5) is 0 Å². The summed E-state index contributed by atoms with van der Waals surface area (Å²) >= 11 is 0. The standard InChI is InChI=1S/C19H13N/c20-14-19(16-6-2-1-3-7-16)13-15-10-11-17-8-4-5-9-18(17)12-15/h1-13H. The summed E-state index contributed by atoms with van der Waals surface area (Å²) in [7, 11) is 0. The lowest BCUT2D eigenvalue weighted by Crippen LogP contribution is -1.81. The molecule has 3 rings (SSSR count). The lowest BCUT2D eigenvalue weighted by Gasteiger charge is -2.02.